The van der Waals surface area contributed by atoms with Crippen molar-refractivity contribution in [1.29, 1.82) is 0 Å². The van der Waals surface area contributed by atoms with Crippen LogP contribution < -0.4 is 0 Å². The standard InChI is InChI=1S/C17H16FNO2/c18-16-8-12(7-15(9-16)17(20)21)10-19-6-5-13-3-1-2-4-14(13)11-19/h1-4,7-9H,5-6,10-11H2,(H,20,21). The number of carbonyl (C=O) groups is 1. The molecule has 0 aromatic heterocycles. The first-order valence-electron chi connectivity index (χ1n) is 6.94. The summed E-state index contributed by atoms with van der Waals surface area (Å²) >= 11 is 0. The SMILES string of the molecule is O=C(O)c1cc(F)cc(CN2CCc3ccccc3C2)c1. The number of benzene rings is 2. The molecule has 4 heteroatoms. The molecule has 0 radical (unpaired) electrons. The molecule has 1 heterocycles. The highest BCUT2D eigenvalue weighted by molar-refractivity contribution is 5.87. The number of rotatable bonds is 3. The van der Waals surface area contributed by atoms with Gasteiger partial charge in [0.05, 0.1) is 5.56 Å². The molecule has 3 nitrogen and oxygen atoms in total. The lowest BCUT2D eigenvalue weighted by molar-refractivity contribution is 0.0696. The Morgan fingerprint density at radius 2 is 1.95 bits per heavy atom. The Labute approximate surface area is 122 Å². The van der Waals surface area contributed by atoms with Crippen LogP contribution in [0.5, 0.6) is 0 Å². The van der Waals surface area contributed by atoms with Crippen molar-refractivity contribution in [2.75, 3.05) is 6.54 Å². The molecule has 0 fully saturated rings. The number of hydrogen-bond acceptors (Lipinski definition) is 2. The Balaban J connectivity index is 1.78. The number of carboxylic acid groups (broad SMARTS) is 1. The van der Waals surface area contributed by atoms with Crippen LogP contribution in [0.2, 0.25) is 0 Å². The van der Waals surface area contributed by atoms with Gasteiger partial charge in [-0.2, -0.15) is 0 Å². The van der Waals surface area contributed by atoms with Crippen LogP contribution in [0.1, 0.15) is 27.0 Å². The number of hydrogen-bond donors (Lipinski definition) is 1. The van der Waals surface area contributed by atoms with E-state index in [0.717, 1.165) is 25.6 Å². The van der Waals surface area contributed by atoms with Gasteiger partial charge in [-0.05, 0) is 41.3 Å². The van der Waals surface area contributed by atoms with Crippen LogP contribution in [0.4, 0.5) is 4.39 Å². The molecule has 108 valence electrons. The van der Waals surface area contributed by atoms with E-state index in [-0.39, 0.29) is 5.56 Å². The van der Waals surface area contributed by atoms with Crippen molar-refractivity contribution < 1.29 is 14.3 Å². The first-order chi connectivity index (χ1) is 10.1. The van der Waals surface area contributed by atoms with Crippen LogP contribution in [-0.4, -0.2) is 22.5 Å². The van der Waals surface area contributed by atoms with Gasteiger partial charge in [-0.15, -0.1) is 0 Å². The smallest absolute Gasteiger partial charge is 0.335 e. The summed E-state index contributed by atoms with van der Waals surface area (Å²) in [6, 6.07) is 12.3. The molecule has 2 aromatic carbocycles. The molecule has 0 amide bonds. The van der Waals surface area contributed by atoms with Gasteiger partial charge in [-0.1, -0.05) is 24.3 Å². The van der Waals surface area contributed by atoms with E-state index in [1.54, 1.807) is 6.07 Å². The molecule has 21 heavy (non-hydrogen) atoms. The lowest BCUT2D eigenvalue weighted by Gasteiger charge is -2.28. The minimum atomic E-state index is -1.10. The molecule has 0 saturated carbocycles. The molecule has 3 rings (SSSR count). The number of aromatic carboxylic acids is 1. The number of carboxylic acids is 1. The zero-order valence-corrected chi connectivity index (χ0v) is 11.6. The van der Waals surface area contributed by atoms with Gasteiger partial charge in [-0.3, -0.25) is 4.90 Å². The van der Waals surface area contributed by atoms with Crippen molar-refractivity contribution in [3.8, 4) is 0 Å². The van der Waals surface area contributed by atoms with Crippen LogP contribution in [0.25, 0.3) is 0 Å². The number of fused-ring (bicyclic) bond motifs is 1. The van der Waals surface area contributed by atoms with Gasteiger partial charge in [0.2, 0.25) is 0 Å². The zero-order valence-electron chi connectivity index (χ0n) is 11.6. The van der Waals surface area contributed by atoms with Crippen LogP contribution >= 0.6 is 0 Å². The van der Waals surface area contributed by atoms with E-state index in [2.05, 4.69) is 17.0 Å². The third-order valence-electron chi connectivity index (χ3n) is 3.82. The average Bonchev–Trinajstić information content (AvgIpc) is 2.46. The molecule has 0 saturated heterocycles. The van der Waals surface area contributed by atoms with E-state index in [4.69, 9.17) is 5.11 Å². The van der Waals surface area contributed by atoms with E-state index in [1.807, 2.05) is 12.1 Å². The predicted octanol–water partition coefficient (Wildman–Crippen LogP) is 3.08. The van der Waals surface area contributed by atoms with E-state index in [0.29, 0.717) is 12.1 Å². The summed E-state index contributed by atoms with van der Waals surface area (Å²) in [7, 11) is 0. The summed E-state index contributed by atoms with van der Waals surface area (Å²) in [6.45, 7) is 2.28. The van der Waals surface area contributed by atoms with Crippen LogP contribution in [-0.2, 0) is 19.5 Å². The largest absolute Gasteiger partial charge is 0.478 e. The maximum absolute atomic E-state index is 13.5. The summed E-state index contributed by atoms with van der Waals surface area (Å²) < 4.78 is 13.5. The van der Waals surface area contributed by atoms with Crippen molar-refractivity contribution in [2.45, 2.75) is 19.5 Å². The summed E-state index contributed by atoms with van der Waals surface area (Å²) in [4.78, 5) is 13.2. The molecule has 0 spiro atoms. The molecule has 0 atom stereocenters. The molecule has 0 bridgehead atoms. The first-order valence-corrected chi connectivity index (χ1v) is 6.94. The Bertz CT molecular complexity index is 684. The van der Waals surface area contributed by atoms with Crippen LogP contribution in [0.15, 0.2) is 42.5 Å². The Hall–Kier alpha value is -2.20. The highest BCUT2D eigenvalue weighted by Crippen LogP contribution is 2.21. The van der Waals surface area contributed by atoms with Crippen molar-refractivity contribution >= 4 is 5.97 Å². The molecule has 0 aliphatic carbocycles. The van der Waals surface area contributed by atoms with Gasteiger partial charge < -0.3 is 5.11 Å². The van der Waals surface area contributed by atoms with Crippen LogP contribution in [0, 0.1) is 5.82 Å². The van der Waals surface area contributed by atoms with Gasteiger partial charge in [0.15, 0.2) is 0 Å². The highest BCUT2D eigenvalue weighted by atomic mass is 19.1. The maximum atomic E-state index is 13.5. The number of halogens is 1. The molecular formula is C17H16FNO2. The van der Waals surface area contributed by atoms with Crippen LogP contribution in [0.3, 0.4) is 0 Å². The molecule has 1 N–H and O–H groups in total. The van der Waals surface area contributed by atoms with E-state index >= 15 is 0 Å². The quantitative estimate of drug-likeness (QED) is 0.942. The summed E-state index contributed by atoms with van der Waals surface area (Å²) in [5.41, 5.74) is 3.35. The fourth-order valence-corrected chi connectivity index (χ4v) is 2.81. The second-order valence-corrected chi connectivity index (χ2v) is 5.38. The fraction of sp³-hybridized carbons (Fsp3) is 0.235. The average molecular weight is 285 g/mol. The molecular weight excluding hydrogens is 269 g/mol. The molecule has 1 aliphatic heterocycles. The normalized spacial score (nSPS) is 14.7. The molecule has 2 aromatic rings. The van der Waals surface area contributed by atoms with Gasteiger partial charge in [0, 0.05) is 19.6 Å². The van der Waals surface area contributed by atoms with Crippen molar-refractivity contribution in [2.24, 2.45) is 0 Å². The van der Waals surface area contributed by atoms with E-state index in [9.17, 15) is 9.18 Å². The lowest BCUT2D eigenvalue weighted by atomic mass is 9.99. The van der Waals surface area contributed by atoms with Crippen molar-refractivity contribution in [3.05, 3.63) is 70.5 Å². The van der Waals surface area contributed by atoms with E-state index in [1.165, 1.54) is 17.2 Å². The second-order valence-electron chi connectivity index (χ2n) is 5.38. The third kappa shape index (κ3) is 3.11. The topological polar surface area (TPSA) is 40.5 Å². The molecule has 0 unspecified atom stereocenters. The fourth-order valence-electron chi connectivity index (χ4n) is 2.81. The maximum Gasteiger partial charge on any atom is 0.335 e. The monoisotopic (exact) mass is 285 g/mol. The van der Waals surface area contributed by atoms with Crippen molar-refractivity contribution in [3.63, 3.8) is 0 Å². The lowest BCUT2D eigenvalue weighted by Crippen LogP contribution is -2.30. The summed E-state index contributed by atoms with van der Waals surface area (Å²) in [5, 5.41) is 8.99. The molecule has 1 aliphatic rings. The number of nitrogens with zero attached hydrogens (tertiary/aromatic N) is 1. The van der Waals surface area contributed by atoms with E-state index < -0.39 is 11.8 Å². The first kappa shape index (κ1) is 13.8. The van der Waals surface area contributed by atoms with Gasteiger partial charge >= 0.3 is 5.97 Å². The third-order valence-corrected chi connectivity index (χ3v) is 3.82. The zero-order chi connectivity index (χ0) is 14.8. The second kappa shape index (κ2) is 5.66. The Morgan fingerprint density at radius 1 is 1.19 bits per heavy atom. The van der Waals surface area contributed by atoms with Gasteiger partial charge in [0.25, 0.3) is 0 Å². The summed E-state index contributed by atoms with van der Waals surface area (Å²) in [6.07, 6.45) is 0.970. The minimum absolute atomic E-state index is 0.00223. The summed E-state index contributed by atoms with van der Waals surface area (Å²) in [5.74, 6) is -1.60. The van der Waals surface area contributed by atoms with Gasteiger partial charge in [0.1, 0.15) is 5.82 Å². The highest BCUT2D eigenvalue weighted by Gasteiger charge is 2.16. The Kier molecular flexibility index (Phi) is 3.71. The van der Waals surface area contributed by atoms with Crippen molar-refractivity contribution in [1.82, 2.24) is 4.90 Å². The minimum Gasteiger partial charge on any atom is -0.478 e. The Morgan fingerprint density at radius 3 is 2.71 bits per heavy atom. The van der Waals surface area contributed by atoms with Gasteiger partial charge in [-0.25, -0.2) is 9.18 Å². The predicted molar refractivity (Wildman–Crippen MR) is 77.6 cm³/mol.